The Balaban J connectivity index is 1.74. The van der Waals surface area contributed by atoms with Crippen molar-refractivity contribution in [3.63, 3.8) is 0 Å². The number of carbonyl (C=O) groups excluding carboxylic acids is 1. The van der Waals surface area contributed by atoms with Crippen molar-refractivity contribution in [2.45, 2.75) is 33.4 Å². The molecule has 0 aliphatic rings. The molecule has 1 atom stereocenters. The standard InChI is InChI=1S/C19H23N5O/c1-13(18-14(2)22-23(4)15(18)3)21-19(25)17-8-5-7-16(11-17)12-24-10-6-9-20-24/h5-11,13H,12H2,1-4H3,(H,21,25). The van der Waals surface area contributed by atoms with Crippen LogP contribution < -0.4 is 5.32 Å². The van der Waals surface area contributed by atoms with Crippen LogP contribution in [-0.4, -0.2) is 25.5 Å². The molecule has 2 aromatic heterocycles. The lowest BCUT2D eigenvalue weighted by Crippen LogP contribution is -2.27. The lowest BCUT2D eigenvalue weighted by molar-refractivity contribution is 0.0939. The fourth-order valence-electron chi connectivity index (χ4n) is 3.16. The van der Waals surface area contributed by atoms with Crippen LogP contribution in [0.3, 0.4) is 0 Å². The molecule has 0 aliphatic carbocycles. The maximum absolute atomic E-state index is 12.7. The lowest BCUT2D eigenvalue weighted by atomic mass is 10.1. The molecule has 0 radical (unpaired) electrons. The van der Waals surface area contributed by atoms with Gasteiger partial charge in [-0.15, -0.1) is 0 Å². The zero-order chi connectivity index (χ0) is 18.0. The summed E-state index contributed by atoms with van der Waals surface area (Å²) in [4.78, 5) is 12.7. The molecule has 3 rings (SSSR count). The average molecular weight is 337 g/mol. The van der Waals surface area contributed by atoms with Crippen LogP contribution in [0.5, 0.6) is 0 Å². The first-order valence-electron chi connectivity index (χ1n) is 8.33. The summed E-state index contributed by atoms with van der Waals surface area (Å²) in [5, 5.41) is 11.7. The maximum atomic E-state index is 12.7. The Kier molecular flexibility index (Phi) is 4.70. The largest absolute Gasteiger partial charge is 0.345 e. The Labute approximate surface area is 147 Å². The molecule has 25 heavy (non-hydrogen) atoms. The lowest BCUT2D eigenvalue weighted by Gasteiger charge is -2.15. The van der Waals surface area contributed by atoms with E-state index >= 15 is 0 Å². The average Bonchev–Trinajstić information content (AvgIpc) is 3.16. The molecule has 2 heterocycles. The van der Waals surface area contributed by atoms with Crippen molar-refractivity contribution >= 4 is 5.91 Å². The monoisotopic (exact) mass is 337 g/mol. The van der Waals surface area contributed by atoms with Crippen LogP contribution in [-0.2, 0) is 13.6 Å². The Bertz CT molecular complexity index is 879. The molecular formula is C19H23N5O. The molecule has 6 nitrogen and oxygen atoms in total. The second-order valence-electron chi connectivity index (χ2n) is 6.31. The van der Waals surface area contributed by atoms with Crippen molar-refractivity contribution in [2.75, 3.05) is 0 Å². The van der Waals surface area contributed by atoms with Gasteiger partial charge in [0.2, 0.25) is 0 Å². The van der Waals surface area contributed by atoms with Gasteiger partial charge in [-0.2, -0.15) is 10.2 Å². The molecule has 1 unspecified atom stereocenters. The van der Waals surface area contributed by atoms with Crippen molar-refractivity contribution in [3.8, 4) is 0 Å². The van der Waals surface area contributed by atoms with Crippen LogP contribution in [0.1, 0.15) is 45.8 Å². The summed E-state index contributed by atoms with van der Waals surface area (Å²) in [6.07, 6.45) is 3.65. The van der Waals surface area contributed by atoms with E-state index < -0.39 is 0 Å². The van der Waals surface area contributed by atoms with E-state index in [1.807, 2.05) is 73.7 Å². The smallest absolute Gasteiger partial charge is 0.251 e. The normalized spacial score (nSPS) is 12.2. The number of amides is 1. The van der Waals surface area contributed by atoms with Gasteiger partial charge in [-0.3, -0.25) is 14.2 Å². The second kappa shape index (κ2) is 6.93. The van der Waals surface area contributed by atoms with Gasteiger partial charge in [0, 0.05) is 36.3 Å². The molecule has 1 aromatic carbocycles. The molecular weight excluding hydrogens is 314 g/mol. The number of carbonyl (C=O) groups is 1. The van der Waals surface area contributed by atoms with Gasteiger partial charge in [0.05, 0.1) is 18.3 Å². The molecule has 1 amide bonds. The molecule has 6 heteroatoms. The highest BCUT2D eigenvalue weighted by Crippen LogP contribution is 2.21. The van der Waals surface area contributed by atoms with E-state index in [9.17, 15) is 4.79 Å². The third-order valence-corrected chi connectivity index (χ3v) is 4.44. The van der Waals surface area contributed by atoms with Gasteiger partial charge in [-0.25, -0.2) is 0 Å². The molecule has 3 aromatic rings. The first-order valence-corrected chi connectivity index (χ1v) is 8.33. The van der Waals surface area contributed by atoms with E-state index in [2.05, 4.69) is 15.5 Å². The molecule has 0 spiro atoms. The van der Waals surface area contributed by atoms with E-state index in [1.54, 1.807) is 6.20 Å². The zero-order valence-electron chi connectivity index (χ0n) is 15.0. The molecule has 0 fully saturated rings. The van der Waals surface area contributed by atoms with Crippen LogP contribution in [0.2, 0.25) is 0 Å². The van der Waals surface area contributed by atoms with Crippen molar-refractivity contribution in [1.29, 1.82) is 0 Å². The van der Waals surface area contributed by atoms with Crippen LogP contribution >= 0.6 is 0 Å². The zero-order valence-corrected chi connectivity index (χ0v) is 15.0. The number of hydrogen-bond donors (Lipinski definition) is 1. The Morgan fingerprint density at radius 1 is 1.28 bits per heavy atom. The summed E-state index contributed by atoms with van der Waals surface area (Å²) >= 11 is 0. The highest BCUT2D eigenvalue weighted by Gasteiger charge is 2.18. The van der Waals surface area contributed by atoms with Crippen LogP contribution in [0, 0.1) is 13.8 Å². The van der Waals surface area contributed by atoms with Gasteiger partial charge in [0.1, 0.15) is 0 Å². The third kappa shape index (κ3) is 3.63. The number of aryl methyl sites for hydroxylation is 2. The Hall–Kier alpha value is -2.89. The number of nitrogens with one attached hydrogen (secondary N) is 1. The fourth-order valence-corrected chi connectivity index (χ4v) is 3.16. The molecule has 0 aliphatic heterocycles. The highest BCUT2D eigenvalue weighted by atomic mass is 16.1. The van der Waals surface area contributed by atoms with Crippen molar-refractivity contribution < 1.29 is 4.79 Å². The van der Waals surface area contributed by atoms with Crippen molar-refractivity contribution in [2.24, 2.45) is 7.05 Å². The minimum atomic E-state index is -0.101. The molecule has 0 saturated carbocycles. The minimum absolute atomic E-state index is 0.0857. The summed E-state index contributed by atoms with van der Waals surface area (Å²) in [6.45, 7) is 6.62. The predicted octanol–water partition coefficient (Wildman–Crippen LogP) is 2.77. The Morgan fingerprint density at radius 2 is 2.08 bits per heavy atom. The molecule has 130 valence electrons. The second-order valence-corrected chi connectivity index (χ2v) is 6.31. The summed E-state index contributed by atoms with van der Waals surface area (Å²) in [6, 6.07) is 9.42. The van der Waals surface area contributed by atoms with Gasteiger partial charge >= 0.3 is 0 Å². The van der Waals surface area contributed by atoms with E-state index in [0.717, 1.165) is 22.5 Å². The van der Waals surface area contributed by atoms with Crippen molar-refractivity contribution in [3.05, 3.63) is 70.8 Å². The topological polar surface area (TPSA) is 64.7 Å². The van der Waals surface area contributed by atoms with E-state index in [1.165, 1.54) is 0 Å². The number of hydrogen-bond acceptors (Lipinski definition) is 3. The van der Waals surface area contributed by atoms with Gasteiger partial charge in [-0.05, 0) is 44.5 Å². The van der Waals surface area contributed by atoms with E-state index in [0.29, 0.717) is 12.1 Å². The third-order valence-electron chi connectivity index (χ3n) is 4.44. The predicted molar refractivity (Wildman–Crippen MR) is 96.3 cm³/mol. The number of aromatic nitrogens is 4. The van der Waals surface area contributed by atoms with Crippen LogP contribution in [0.15, 0.2) is 42.7 Å². The quantitative estimate of drug-likeness (QED) is 0.778. The first kappa shape index (κ1) is 17.0. The molecule has 1 N–H and O–H groups in total. The number of benzene rings is 1. The summed E-state index contributed by atoms with van der Waals surface area (Å²) in [5.41, 5.74) is 4.77. The van der Waals surface area contributed by atoms with Crippen molar-refractivity contribution in [1.82, 2.24) is 24.9 Å². The molecule has 0 saturated heterocycles. The number of nitrogens with zero attached hydrogens (tertiary/aromatic N) is 4. The summed E-state index contributed by atoms with van der Waals surface area (Å²) < 4.78 is 3.68. The highest BCUT2D eigenvalue weighted by molar-refractivity contribution is 5.94. The number of rotatable bonds is 5. The van der Waals surface area contributed by atoms with E-state index in [-0.39, 0.29) is 11.9 Å². The van der Waals surface area contributed by atoms with Gasteiger partial charge < -0.3 is 5.32 Å². The van der Waals surface area contributed by atoms with Crippen LogP contribution in [0.25, 0.3) is 0 Å². The summed E-state index contributed by atoms with van der Waals surface area (Å²) in [5.74, 6) is -0.0857. The fraction of sp³-hybridized carbons (Fsp3) is 0.316. The Morgan fingerprint density at radius 3 is 2.72 bits per heavy atom. The maximum Gasteiger partial charge on any atom is 0.251 e. The van der Waals surface area contributed by atoms with Gasteiger partial charge in [0.15, 0.2) is 0 Å². The van der Waals surface area contributed by atoms with Gasteiger partial charge in [0.25, 0.3) is 5.91 Å². The summed E-state index contributed by atoms with van der Waals surface area (Å²) in [7, 11) is 1.92. The molecule has 0 bridgehead atoms. The first-order chi connectivity index (χ1) is 12.0. The SMILES string of the molecule is Cc1nn(C)c(C)c1C(C)NC(=O)c1cccc(Cn2cccn2)c1. The van der Waals surface area contributed by atoms with Gasteiger partial charge in [-0.1, -0.05) is 12.1 Å². The van der Waals surface area contributed by atoms with E-state index in [4.69, 9.17) is 0 Å². The minimum Gasteiger partial charge on any atom is -0.345 e. The van der Waals surface area contributed by atoms with Crippen LogP contribution in [0.4, 0.5) is 0 Å².